The number of esters is 1. The molecule has 1 aromatic heterocycles. The predicted octanol–water partition coefficient (Wildman–Crippen LogP) is 3.99. The third kappa shape index (κ3) is 4.65. The van der Waals surface area contributed by atoms with Crippen molar-refractivity contribution < 1.29 is 9.53 Å². The lowest BCUT2D eigenvalue weighted by Gasteiger charge is -2.24. The minimum absolute atomic E-state index is 0.0889. The summed E-state index contributed by atoms with van der Waals surface area (Å²) in [6.45, 7) is 7.51. The zero-order chi connectivity index (χ0) is 23.5. The minimum atomic E-state index is -0.616. The second-order valence-electron chi connectivity index (χ2n) is 7.65. The van der Waals surface area contributed by atoms with Crippen LogP contribution in [0.2, 0.25) is 0 Å². The normalized spacial score (nSPS) is 15.7. The fourth-order valence-electron chi connectivity index (χ4n) is 3.71. The Morgan fingerprint density at radius 3 is 2.52 bits per heavy atom. The molecule has 0 bridgehead atoms. The van der Waals surface area contributed by atoms with E-state index in [0.29, 0.717) is 20.6 Å². The first kappa shape index (κ1) is 23.0. The fourth-order valence-corrected chi connectivity index (χ4v) is 5.17. The molecule has 1 aliphatic rings. The zero-order valence-corrected chi connectivity index (χ0v) is 20.3. The van der Waals surface area contributed by atoms with Crippen LogP contribution < -0.4 is 14.9 Å². The molecule has 1 atom stereocenters. The van der Waals surface area contributed by atoms with E-state index in [9.17, 15) is 9.59 Å². The summed E-state index contributed by atoms with van der Waals surface area (Å²) in [7, 11) is 0. The number of nitrogens with zero attached hydrogens (tertiary/aromatic N) is 2. The Hall–Kier alpha value is -3.16. The Balaban J connectivity index is 1.91. The molecule has 0 fully saturated rings. The summed E-state index contributed by atoms with van der Waals surface area (Å²) in [6.07, 6.45) is 5.39. The highest BCUT2D eigenvalue weighted by Crippen LogP contribution is 2.31. The van der Waals surface area contributed by atoms with Gasteiger partial charge in [-0.05, 0) is 49.4 Å². The summed E-state index contributed by atoms with van der Waals surface area (Å²) in [5.74, 6) is -0.497. The smallest absolute Gasteiger partial charge is 0.338 e. The molecule has 2 heterocycles. The second kappa shape index (κ2) is 9.77. The van der Waals surface area contributed by atoms with Gasteiger partial charge in [-0.2, -0.15) is 0 Å². The van der Waals surface area contributed by atoms with Crippen LogP contribution in [0.4, 0.5) is 0 Å². The molecule has 1 aliphatic heterocycles. The van der Waals surface area contributed by atoms with Crippen molar-refractivity contribution >= 4 is 35.1 Å². The second-order valence-corrected chi connectivity index (χ2v) is 9.54. The van der Waals surface area contributed by atoms with Gasteiger partial charge in [0.1, 0.15) is 6.61 Å². The van der Waals surface area contributed by atoms with Gasteiger partial charge in [0.2, 0.25) is 0 Å². The van der Waals surface area contributed by atoms with Crippen molar-refractivity contribution in [1.82, 2.24) is 4.57 Å². The summed E-state index contributed by atoms with van der Waals surface area (Å²) in [5.41, 5.74) is 3.65. The number of rotatable bonds is 6. The van der Waals surface area contributed by atoms with Crippen molar-refractivity contribution in [3.05, 3.63) is 109 Å². The van der Waals surface area contributed by atoms with E-state index in [1.54, 1.807) is 23.3 Å². The molecule has 0 N–H and O–H groups in total. The van der Waals surface area contributed by atoms with Gasteiger partial charge in [0.25, 0.3) is 5.56 Å². The molecule has 168 valence electrons. The number of benzene rings is 2. The molecule has 0 amide bonds. The Labute approximate surface area is 200 Å². The van der Waals surface area contributed by atoms with Gasteiger partial charge in [-0.1, -0.05) is 66.0 Å². The quantitative estimate of drug-likeness (QED) is 0.307. The average Bonchev–Trinajstić information content (AvgIpc) is 3.12. The Kier molecular flexibility index (Phi) is 6.81. The van der Waals surface area contributed by atoms with Crippen LogP contribution in [-0.2, 0) is 9.53 Å². The Morgan fingerprint density at radius 1 is 1.18 bits per heavy atom. The van der Waals surface area contributed by atoms with E-state index < -0.39 is 12.0 Å². The van der Waals surface area contributed by atoms with Crippen LogP contribution in [-0.4, -0.2) is 23.4 Å². The third-order valence-corrected chi connectivity index (χ3v) is 7.11. The van der Waals surface area contributed by atoms with Gasteiger partial charge in [-0.3, -0.25) is 9.36 Å². The lowest BCUT2D eigenvalue weighted by molar-refractivity contribution is -0.138. The highest BCUT2D eigenvalue weighted by Gasteiger charge is 2.33. The Morgan fingerprint density at radius 2 is 1.88 bits per heavy atom. The van der Waals surface area contributed by atoms with Crippen LogP contribution in [0, 0.1) is 6.92 Å². The van der Waals surface area contributed by atoms with Gasteiger partial charge in [0.15, 0.2) is 4.80 Å². The standard InChI is InChI=1S/C26H24N2O3S2/c1-5-14-31-25(30)22-17(3)27-26-28(23(22)19-10-12-20(32-4)13-11-19)24(29)21(33-26)15-18-8-6-16(2)7-9-18/h5-13,15,23H,1,14H2,2-4H3/b21-15+/t23-/m1/s1. The highest BCUT2D eigenvalue weighted by atomic mass is 32.2. The predicted molar refractivity (Wildman–Crippen MR) is 134 cm³/mol. The molecule has 33 heavy (non-hydrogen) atoms. The van der Waals surface area contributed by atoms with Crippen molar-refractivity contribution in [2.24, 2.45) is 4.99 Å². The summed E-state index contributed by atoms with van der Waals surface area (Å²) < 4.78 is 7.54. The number of carbonyl (C=O) groups is 1. The summed E-state index contributed by atoms with van der Waals surface area (Å²) in [6, 6.07) is 15.3. The first-order chi connectivity index (χ1) is 15.9. The molecule has 0 spiro atoms. The molecule has 0 radical (unpaired) electrons. The number of hydrogen-bond donors (Lipinski definition) is 0. The molecular weight excluding hydrogens is 452 g/mol. The zero-order valence-electron chi connectivity index (χ0n) is 18.7. The van der Waals surface area contributed by atoms with Crippen molar-refractivity contribution in [2.45, 2.75) is 24.8 Å². The van der Waals surface area contributed by atoms with E-state index in [-0.39, 0.29) is 12.2 Å². The molecule has 3 aromatic rings. The van der Waals surface area contributed by atoms with Crippen LogP contribution >= 0.6 is 23.1 Å². The van der Waals surface area contributed by atoms with Crippen molar-refractivity contribution in [2.75, 3.05) is 12.9 Å². The summed E-state index contributed by atoms with van der Waals surface area (Å²) >= 11 is 2.96. The number of fused-ring (bicyclic) bond motifs is 1. The topological polar surface area (TPSA) is 60.7 Å². The number of carbonyl (C=O) groups excluding carboxylic acids is 1. The van der Waals surface area contributed by atoms with Gasteiger partial charge >= 0.3 is 5.97 Å². The highest BCUT2D eigenvalue weighted by molar-refractivity contribution is 7.98. The van der Waals surface area contributed by atoms with Gasteiger partial charge in [-0.25, -0.2) is 9.79 Å². The number of ether oxygens (including phenoxy) is 1. The SMILES string of the molecule is C=CCOC(=O)C1=C(C)N=c2s/c(=C/c3ccc(C)cc3)c(=O)n2[C@@H]1c1ccc(SC)cc1. The molecular formula is C26H24N2O3S2. The molecule has 0 saturated carbocycles. The van der Waals surface area contributed by atoms with Crippen LogP contribution in [0.5, 0.6) is 0 Å². The van der Waals surface area contributed by atoms with Gasteiger partial charge in [0.05, 0.1) is 21.8 Å². The number of thiazole rings is 1. The van der Waals surface area contributed by atoms with Crippen molar-refractivity contribution in [3.8, 4) is 0 Å². The number of hydrogen-bond acceptors (Lipinski definition) is 6. The van der Waals surface area contributed by atoms with Crippen molar-refractivity contribution in [3.63, 3.8) is 0 Å². The first-order valence-corrected chi connectivity index (χ1v) is 12.5. The third-order valence-electron chi connectivity index (χ3n) is 5.38. The number of allylic oxidation sites excluding steroid dienone is 1. The average molecular weight is 477 g/mol. The summed E-state index contributed by atoms with van der Waals surface area (Å²) in [5, 5.41) is 0. The molecule has 0 unspecified atom stereocenters. The van der Waals surface area contributed by atoms with Crippen LogP contribution in [0.15, 0.2) is 87.1 Å². The Bertz CT molecular complexity index is 1410. The fraction of sp³-hybridized carbons (Fsp3) is 0.192. The van der Waals surface area contributed by atoms with E-state index >= 15 is 0 Å². The van der Waals surface area contributed by atoms with Gasteiger partial charge < -0.3 is 4.74 Å². The molecule has 0 saturated heterocycles. The van der Waals surface area contributed by atoms with E-state index in [2.05, 4.69) is 11.6 Å². The molecule has 4 rings (SSSR count). The van der Waals surface area contributed by atoms with Crippen LogP contribution in [0.3, 0.4) is 0 Å². The maximum Gasteiger partial charge on any atom is 0.338 e. The summed E-state index contributed by atoms with van der Waals surface area (Å²) in [4.78, 5) is 32.9. The minimum Gasteiger partial charge on any atom is -0.458 e. The van der Waals surface area contributed by atoms with E-state index in [1.165, 1.54) is 17.4 Å². The monoisotopic (exact) mass is 476 g/mol. The molecule has 2 aromatic carbocycles. The lowest BCUT2D eigenvalue weighted by Crippen LogP contribution is -2.39. The molecule has 5 nitrogen and oxygen atoms in total. The van der Waals surface area contributed by atoms with Crippen molar-refractivity contribution in [1.29, 1.82) is 0 Å². The van der Waals surface area contributed by atoms with E-state index in [4.69, 9.17) is 4.74 Å². The largest absolute Gasteiger partial charge is 0.458 e. The van der Waals surface area contributed by atoms with Gasteiger partial charge in [0, 0.05) is 4.90 Å². The van der Waals surface area contributed by atoms with E-state index in [1.807, 2.05) is 67.8 Å². The molecule has 0 aliphatic carbocycles. The maximum atomic E-state index is 13.6. The number of thioether (sulfide) groups is 1. The van der Waals surface area contributed by atoms with E-state index in [0.717, 1.165) is 21.6 Å². The number of aromatic nitrogens is 1. The number of aryl methyl sites for hydroxylation is 1. The van der Waals surface area contributed by atoms with Gasteiger partial charge in [-0.15, -0.1) is 11.8 Å². The maximum absolute atomic E-state index is 13.6. The first-order valence-electron chi connectivity index (χ1n) is 10.4. The van der Waals surface area contributed by atoms with Crippen LogP contribution in [0.25, 0.3) is 6.08 Å². The van der Waals surface area contributed by atoms with Crippen LogP contribution in [0.1, 0.15) is 29.7 Å². The lowest BCUT2D eigenvalue weighted by atomic mass is 9.96. The molecule has 7 heteroatoms.